The first-order valence-corrected chi connectivity index (χ1v) is 10.4. The molecule has 31 heavy (non-hydrogen) atoms. The number of carbonyl (C=O) groups is 2. The van der Waals surface area contributed by atoms with Gasteiger partial charge in [-0.1, -0.05) is 42.8 Å². The Labute approximate surface area is 183 Å². The maximum absolute atomic E-state index is 12.9. The predicted molar refractivity (Wildman–Crippen MR) is 125 cm³/mol. The average molecular weight is 417 g/mol. The number of hydrogen-bond acceptors (Lipinski definition) is 3. The fourth-order valence-corrected chi connectivity index (χ4v) is 3.12. The lowest BCUT2D eigenvalue weighted by molar-refractivity contribution is -0.122. The maximum atomic E-state index is 12.9. The van der Waals surface area contributed by atoms with Crippen molar-refractivity contribution >= 4 is 23.2 Å². The third kappa shape index (κ3) is 5.72. The van der Waals surface area contributed by atoms with Crippen LogP contribution in [0.1, 0.15) is 40.4 Å². The number of benzene rings is 3. The van der Waals surface area contributed by atoms with Crippen molar-refractivity contribution in [2.45, 2.75) is 40.2 Å². The van der Waals surface area contributed by atoms with Crippen LogP contribution in [0.3, 0.4) is 0 Å². The van der Waals surface area contributed by atoms with E-state index in [0.717, 1.165) is 16.7 Å². The predicted octanol–water partition coefficient (Wildman–Crippen LogP) is 5.66. The maximum Gasteiger partial charge on any atom is 0.265 e. The van der Waals surface area contributed by atoms with E-state index in [0.29, 0.717) is 29.1 Å². The molecule has 1 atom stereocenters. The highest BCUT2D eigenvalue weighted by atomic mass is 16.5. The van der Waals surface area contributed by atoms with Crippen molar-refractivity contribution in [2.24, 2.45) is 0 Å². The third-order valence-electron chi connectivity index (χ3n) is 5.16. The van der Waals surface area contributed by atoms with Gasteiger partial charge in [0.1, 0.15) is 5.75 Å². The highest BCUT2D eigenvalue weighted by Gasteiger charge is 2.21. The van der Waals surface area contributed by atoms with Gasteiger partial charge < -0.3 is 15.4 Å². The number of ether oxygens (including phenoxy) is 1. The molecule has 0 saturated heterocycles. The van der Waals surface area contributed by atoms with Crippen molar-refractivity contribution < 1.29 is 14.3 Å². The standard InChI is InChI=1S/C26H28N2O3/c1-5-24(31-21-14-10-17(2)11-15-21)26(30)28-23-9-7-6-8-22(23)25(29)27-20-13-12-18(3)19(4)16-20/h6-16,24H,5H2,1-4H3,(H,27,29)(H,28,30). The Morgan fingerprint density at radius 1 is 0.871 bits per heavy atom. The van der Waals surface area contributed by atoms with E-state index in [2.05, 4.69) is 10.6 Å². The van der Waals surface area contributed by atoms with Gasteiger partial charge in [0.2, 0.25) is 0 Å². The van der Waals surface area contributed by atoms with E-state index in [4.69, 9.17) is 4.74 Å². The molecule has 3 aromatic rings. The fraction of sp³-hybridized carbons (Fsp3) is 0.231. The van der Waals surface area contributed by atoms with E-state index in [1.54, 1.807) is 24.3 Å². The van der Waals surface area contributed by atoms with Crippen LogP contribution < -0.4 is 15.4 Å². The summed E-state index contributed by atoms with van der Waals surface area (Å²) < 4.78 is 5.86. The smallest absolute Gasteiger partial charge is 0.265 e. The van der Waals surface area contributed by atoms with Crippen molar-refractivity contribution in [3.05, 3.63) is 89.0 Å². The van der Waals surface area contributed by atoms with E-state index in [-0.39, 0.29) is 11.8 Å². The Bertz CT molecular complexity index is 1070. The monoisotopic (exact) mass is 416 g/mol. The Morgan fingerprint density at radius 2 is 1.58 bits per heavy atom. The lowest BCUT2D eigenvalue weighted by Gasteiger charge is -2.18. The summed E-state index contributed by atoms with van der Waals surface area (Å²) >= 11 is 0. The molecule has 0 heterocycles. The highest BCUT2D eigenvalue weighted by molar-refractivity contribution is 6.10. The molecule has 3 aromatic carbocycles. The summed E-state index contributed by atoms with van der Waals surface area (Å²) in [6.45, 7) is 7.90. The number of amides is 2. The highest BCUT2D eigenvalue weighted by Crippen LogP contribution is 2.21. The third-order valence-corrected chi connectivity index (χ3v) is 5.16. The van der Waals surface area contributed by atoms with E-state index < -0.39 is 6.10 Å². The summed E-state index contributed by atoms with van der Waals surface area (Å²) in [5.74, 6) is 0.0505. The number of anilines is 2. The number of carbonyl (C=O) groups excluding carboxylic acids is 2. The van der Waals surface area contributed by atoms with E-state index in [1.807, 2.05) is 70.2 Å². The average Bonchev–Trinajstić information content (AvgIpc) is 2.76. The molecule has 0 aromatic heterocycles. The minimum atomic E-state index is -0.668. The first kappa shape index (κ1) is 22.1. The van der Waals surface area contributed by atoms with Gasteiger partial charge in [-0.05, 0) is 74.7 Å². The van der Waals surface area contributed by atoms with Gasteiger partial charge in [0.05, 0.1) is 11.3 Å². The molecule has 0 spiro atoms. The van der Waals surface area contributed by atoms with Crippen LogP contribution in [0.2, 0.25) is 0 Å². The summed E-state index contributed by atoms with van der Waals surface area (Å²) in [6.07, 6.45) is -0.171. The molecule has 2 amide bonds. The summed E-state index contributed by atoms with van der Waals surface area (Å²) in [5, 5.41) is 5.76. The normalized spacial score (nSPS) is 11.5. The first-order chi connectivity index (χ1) is 14.9. The Morgan fingerprint density at radius 3 is 2.26 bits per heavy atom. The molecule has 0 fully saturated rings. The van der Waals surface area contributed by atoms with Gasteiger partial charge in [-0.25, -0.2) is 0 Å². The van der Waals surface area contributed by atoms with Crippen LogP contribution in [-0.2, 0) is 4.79 Å². The number of para-hydroxylation sites is 1. The molecule has 5 nitrogen and oxygen atoms in total. The fourth-order valence-electron chi connectivity index (χ4n) is 3.12. The van der Waals surface area contributed by atoms with Crippen molar-refractivity contribution in [1.29, 1.82) is 0 Å². The van der Waals surface area contributed by atoms with Crippen LogP contribution in [-0.4, -0.2) is 17.9 Å². The van der Waals surface area contributed by atoms with Gasteiger partial charge in [-0.3, -0.25) is 9.59 Å². The molecule has 5 heteroatoms. The van der Waals surface area contributed by atoms with Crippen LogP contribution in [0.15, 0.2) is 66.7 Å². The zero-order valence-electron chi connectivity index (χ0n) is 18.4. The van der Waals surface area contributed by atoms with Gasteiger partial charge in [0.25, 0.3) is 11.8 Å². The molecule has 0 aliphatic rings. The zero-order valence-corrected chi connectivity index (χ0v) is 18.4. The summed E-state index contributed by atoms with van der Waals surface area (Å²) in [4.78, 5) is 25.7. The number of aryl methyl sites for hydroxylation is 3. The summed E-state index contributed by atoms with van der Waals surface area (Å²) in [6, 6.07) is 20.3. The topological polar surface area (TPSA) is 67.4 Å². The van der Waals surface area contributed by atoms with Crippen LogP contribution >= 0.6 is 0 Å². The Hall–Kier alpha value is -3.60. The molecule has 0 saturated carbocycles. The minimum absolute atomic E-state index is 0.286. The van der Waals surface area contributed by atoms with Crippen molar-refractivity contribution in [3.63, 3.8) is 0 Å². The lowest BCUT2D eigenvalue weighted by Crippen LogP contribution is -2.33. The number of hydrogen-bond donors (Lipinski definition) is 2. The second-order valence-corrected chi connectivity index (χ2v) is 7.62. The molecule has 0 aliphatic carbocycles. The van der Waals surface area contributed by atoms with Gasteiger partial charge in [-0.2, -0.15) is 0 Å². The quantitative estimate of drug-likeness (QED) is 0.522. The summed E-state index contributed by atoms with van der Waals surface area (Å²) in [7, 11) is 0. The molecule has 0 aliphatic heterocycles. The second-order valence-electron chi connectivity index (χ2n) is 7.62. The SMILES string of the molecule is CCC(Oc1ccc(C)cc1)C(=O)Nc1ccccc1C(=O)Nc1ccc(C)c(C)c1. The van der Waals surface area contributed by atoms with Gasteiger partial charge in [0, 0.05) is 5.69 Å². The van der Waals surface area contributed by atoms with Crippen molar-refractivity contribution in [1.82, 2.24) is 0 Å². The molecule has 0 bridgehead atoms. The molecular formula is C26H28N2O3. The van der Waals surface area contributed by atoms with Crippen LogP contribution in [0.4, 0.5) is 11.4 Å². The first-order valence-electron chi connectivity index (χ1n) is 10.4. The molecule has 1 unspecified atom stereocenters. The van der Waals surface area contributed by atoms with Crippen LogP contribution in [0.5, 0.6) is 5.75 Å². The molecule has 3 rings (SSSR count). The molecule has 2 N–H and O–H groups in total. The van der Waals surface area contributed by atoms with Gasteiger partial charge in [0.15, 0.2) is 6.10 Å². The largest absolute Gasteiger partial charge is 0.481 e. The molecular weight excluding hydrogens is 388 g/mol. The number of rotatable bonds is 7. The van der Waals surface area contributed by atoms with Gasteiger partial charge >= 0.3 is 0 Å². The molecule has 160 valence electrons. The van der Waals surface area contributed by atoms with Crippen molar-refractivity contribution in [3.8, 4) is 5.75 Å². The van der Waals surface area contributed by atoms with Crippen LogP contribution in [0.25, 0.3) is 0 Å². The Balaban J connectivity index is 1.73. The lowest BCUT2D eigenvalue weighted by atomic mass is 10.1. The van der Waals surface area contributed by atoms with Crippen LogP contribution in [0, 0.1) is 20.8 Å². The van der Waals surface area contributed by atoms with E-state index in [9.17, 15) is 9.59 Å². The molecule has 0 radical (unpaired) electrons. The number of nitrogens with one attached hydrogen (secondary N) is 2. The minimum Gasteiger partial charge on any atom is -0.481 e. The van der Waals surface area contributed by atoms with E-state index >= 15 is 0 Å². The van der Waals surface area contributed by atoms with E-state index in [1.165, 1.54) is 0 Å². The van der Waals surface area contributed by atoms with Crippen molar-refractivity contribution in [2.75, 3.05) is 10.6 Å². The second kappa shape index (κ2) is 9.94. The zero-order chi connectivity index (χ0) is 22.4. The van der Waals surface area contributed by atoms with Gasteiger partial charge in [-0.15, -0.1) is 0 Å². The Kier molecular flexibility index (Phi) is 7.08. The summed E-state index contributed by atoms with van der Waals surface area (Å²) in [5.41, 5.74) is 4.92.